The highest BCUT2D eigenvalue weighted by atomic mass is 79.9. The van der Waals surface area contributed by atoms with E-state index in [-0.39, 0.29) is 13.4 Å². The van der Waals surface area contributed by atoms with Crippen molar-refractivity contribution in [1.29, 1.82) is 0 Å². The molecule has 2 aromatic carbocycles. The highest BCUT2D eigenvalue weighted by Crippen LogP contribution is 2.28. The van der Waals surface area contributed by atoms with Crippen LogP contribution in [0.15, 0.2) is 34.8 Å². The topological polar surface area (TPSA) is 38.7 Å². The average molecular weight is 297 g/mol. The molecule has 3 nitrogen and oxygen atoms in total. The van der Waals surface area contributed by atoms with Crippen LogP contribution in [0.25, 0.3) is 10.8 Å². The number of hydrogen-bond acceptors (Lipinski definition) is 3. The molecule has 0 radical (unpaired) electrons. The van der Waals surface area contributed by atoms with Crippen molar-refractivity contribution >= 4 is 26.7 Å². The summed E-state index contributed by atoms with van der Waals surface area (Å²) in [6.45, 7) is 0.122. The van der Waals surface area contributed by atoms with Crippen LogP contribution in [-0.2, 0) is 11.3 Å². The lowest BCUT2D eigenvalue weighted by Crippen LogP contribution is -2.01. The first-order chi connectivity index (χ1) is 8.24. The molecule has 17 heavy (non-hydrogen) atoms. The van der Waals surface area contributed by atoms with Gasteiger partial charge in [-0.2, -0.15) is 0 Å². The zero-order valence-corrected chi connectivity index (χ0v) is 11.0. The van der Waals surface area contributed by atoms with Gasteiger partial charge in [-0.05, 0) is 35.0 Å². The summed E-state index contributed by atoms with van der Waals surface area (Å²) in [4.78, 5) is 0. The van der Waals surface area contributed by atoms with Crippen LogP contribution in [0.3, 0.4) is 0 Å². The zero-order valence-electron chi connectivity index (χ0n) is 9.44. The van der Waals surface area contributed by atoms with E-state index in [1.165, 1.54) is 0 Å². The smallest absolute Gasteiger partial charge is 0.188 e. The van der Waals surface area contributed by atoms with Gasteiger partial charge in [0, 0.05) is 17.1 Å². The molecule has 0 saturated heterocycles. The summed E-state index contributed by atoms with van der Waals surface area (Å²) in [7, 11) is 1.57. The zero-order chi connectivity index (χ0) is 12.3. The van der Waals surface area contributed by atoms with Crippen LogP contribution in [0.1, 0.15) is 5.56 Å². The van der Waals surface area contributed by atoms with Crippen LogP contribution >= 0.6 is 15.9 Å². The quantitative estimate of drug-likeness (QED) is 0.881. The Morgan fingerprint density at radius 3 is 2.71 bits per heavy atom. The number of aliphatic hydroxyl groups excluding tert-OH is 1. The summed E-state index contributed by atoms with van der Waals surface area (Å²) >= 11 is 3.43. The Morgan fingerprint density at radius 1 is 1.18 bits per heavy atom. The first-order valence-electron chi connectivity index (χ1n) is 5.19. The predicted molar refractivity (Wildman–Crippen MR) is 70.1 cm³/mol. The molecule has 0 saturated carbocycles. The van der Waals surface area contributed by atoms with Crippen molar-refractivity contribution in [2.45, 2.75) is 6.61 Å². The number of ether oxygens (including phenoxy) is 2. The van der Waals surface area contributed by atoms with E-state index in [0.29, 0.717) is 5.75 Å². The molecule has 0 amide bonds. The minimum absolute atomic E-state index is 0.0541. The van der Waals surface area contributed by atoms with E-state index in [4.69, 9.17) is 9.47 Å². The fraction of sp³-hybridized carbons (Fsp3) is 0.231. The first kappa shape index (κ1) is 12.4. The molecule has 0 aliphatic rings. The largest absolute Gasteiger partial charge is 0.467 e. The van der Waals surface area contributed by atoms with Crippen molar-refractivity contribution in [3.05, 3.63) is 40.4 Å². The van der Waals surface area contributed by atoms with Crippen LogP contribution in [0.5, 0.6) is 5.75 Å². The van der Waals surface area contributed by atoms with Crippen LogP contribution in [0.4, 0.5) is 0 Å². The lowest BCUT2D eigenvalue weighted by Gasteiger charge is -2.11. The molecule has 2 rings (SSSR count). The predicted octanol–water partition coefficient (Wildman–Crippen LogP) is 3.08. The molecule has 0 aliphatic heterocycles. The molecule has 0 fully saturated rings. The maximum absolute atomic E-state index is 9.31. The molecule has 0 unspecified atom stereocenters. The molecule has 1 N–H and O–H groups in total. The number of aliphatic hydroxyl groups is 1. The normalized spacial score (nSPS) is 10.8. The molecule has 90 valence electrons. The van der Waals surface area contributed by atoms with E-state index >= 15 is 0 Å². The Kier molecular flexibility index (Phi) is 3.99. The first-order valence-corrected chi connectivity index (χ1v) is 5.98. The fourth-order valence-electron chi connectivity index (χ4n) is 1.68. The van der Waals surface area contributed by atoms with Gasteiger partial charge in [-0.3, -0.25) is 0 Å². The maximum Gasteiger partial charge on any atom is 0.188 e. The summed E-state index contributed by atoms with van der Waals surface area (Å²) in [5, 5.41) is 11.4. The van der Waals surface area contributed by atoms with Gasteiger partial charge in [0.15, 0.2) is 6.79 Å². The molecule has 4 heteroatoms. The third-order valence-corrected chi connectivity index (χ3v) is 2.98. The molecule has 0 spiro atoms. The molecule has 0 aromatic heterocycles. The highest BCUT2D eigenvalue weighted by Gasteiger charge is 2.06. The van der Waals surface area contributed by atoms with E-state index in [2.05, 4.69) is 15.9 Å². The lowest BCUT2D eigenvalue weighted by atomic mass is 10.1. The van der Waals surface area contributed by atoms with Gasteiger partial charge in [-0.15, -0.1) is 0 Å². The highest BCUT2D eigenvalue weighted by molar-refractivity contribution is 9.10. The van der Waals surface area contributed by atoms with Crippen molar-refractivity contribution in [2.24, 2.45) is 0 Å². The Morgan fingerprint density at radius 2 is 2.00 bits per heavy atom. The van der Waals surface area contributed by atoms with Gasteiger partial charge in [-0.25, -0.2) is 0 Å². The number of fused-ring (bicyclic) bond motifs is 1. The number of methoxy groups -OCH3 is 1. The van der Waals surface area contributed by atoms with E-state index in [1.807, 2.05) is 30.3 Å². The monoisotopic (exact) mass is 296 g/mol. The summed E-state index contributed by atoms with van der Waals surface area (Å²) < 4.78 is 11.3. The maximum atomic E-state index is 9.31. The molecule has 2 aromatic rings. The van der Waals surface area contributed by atoms with Gasteiger partial charge >= 0.3 is 0 Å². The number of halogens is 1. The SMILES string of the molecule is COCOc1cc2ccc(Br)cc2cc1CO. The Balaban J connectivity index is 2.48. The molecular formula is C13H13BrO3. The summed E-state index contributed by atoms with van der Waals surface area (Å²) in [6, 6.07) is 9.81. The molecule has 0 atom stereocenters. The van der Waals surface area contributed by atoms with Crippen molar-refractivity contribution in [2.75, 3.05) is 13.9 Å². The van der Waals surface area contributed by atoms with Gasteiger partial charge in [0.2, 0.25) is 0 Å². The van der Waals surface area contributed by atoms with Crippen LogP contribution in [0.2, 0.25) is 0 Å². The number of hydrogen-bond donors (Lipinski definition) is 1. The van der Waals surface area contributed by atoms with Crippen molar-refractivity contribution < 1.29 is 14.6 Å². The number of benzene rings is 2. The van der Waals surface area contributed by atoms with Crippen LogP contribution in [0, 0.1) is 0 Å². The van der Waals surface area contributed by atoms with Crippen LogP contribution in [-0.4, -0.2) is 19.0 Å². The molecule has 0 bridgehead atoms. The minimum Gasteiger partial charge on any atom is -0.467 e. The average Bonchev–Trinajstić information content (AvgIpc) is 2.35. The van der Waals surface area contributed by atoms with Gasteiger partial charge in [-0.1, -0.05) is 22.0 Å². The summed E-state index contributed by atoms with van der Waals surface area (Å²) in [6.07, 6.45) is 0. The molecular weight excluding hydrogens is 284 g/mol. The second-order valence-electron chi connectivity index (χ2n) is 3.66. The number of rotatable bonds is 4. The van der Waals surface area contributed by atoms with Crippen LogP contribution < -0.4 is 4.74 Å². The Bertz CT molecular complexity index is 525. The van der Waals surface area contributed by atoms with Gasteiger partial charge < -0.3 is 14.6 Å². The second kappa shape index (κ2) is 5.49. The third-order valence-electron chi connectivity index (χ3n) is 2.48. The standard InChI is InChI=1S/C13H13BrO3/c1-16-8-17-13-6-9-2-3-12(14)5-10(9)4-11(13)7-15/h2-6,15H,7-8H2,1H3. The Labute approximate surface area is 108 Å². The van der Waals surface area contributed by atoms with Crippen molar-refractivity contribution in [1.82, 2.24) is 0 Å². The summed E-state index contributed by atoms with van der Waals surface area (Å²) in [5.41, 5.74) is 0.757. The second-order valence-corrected chi connectivity index (χ2v) is 4.58. The molecule has 0 aliphatic carbocycles. The van der Waals surface area contributed by atoms with Gasteiger partial charge in [0.25, 0.3) is 0 Å². The van der Waals surface area contributed by atoms with Crippen molar-refractivity contribution in [3.8, 4) is 5.75 Å². The van der Waals surface area contributed by atoms with E-state index in [9.17, 15) is 5.11 Å². The van der Waals surface area contributed by atoms with E-state index in [1.54, 1.807) is 7.11 Å². The minimum atomic E-state index is -0.0541. The molecule has 0 heterocycles. The lowest BCUT2D eigenvalue weighted by molar-refractivity contribution is 0.0496. The fourth-order valence-corrected chi connectivity index (χ4v) is 2.05. The Hall–Kier alpha value is -1.10. The van der Waals surface area contributed by atoms with Gasteiger partial charge in [0.05, 0.1) is 6.61 Å². The van der Waals surface area contributed by atoms with E-state index in [0.717, 1.165) is 20.8 Å². The third kappa shape index (κ3) is 2.77. The van der Waals surface area contributed by atoms with E-state index < -0.39 is 0 Å². The van der Waals surface area contributed by atoms with Crippen molar-refractivity contribution in [3.63, 3.8) is 0 Å². The van der Waals surface area contributed by atoms with Gasteiger partial charge in [0.1, 0.15) is 5.75 Å². The summed E-state index contributed by atoms with van der Waals surface area (Å²) in [5.74, 6) is 0.657.